The molecule has 0 saturated heterocycles. The molecule has 2 heterocycles. The van der Waals surface area contributed by atoms with Gasteiger partial charge in [0, 0.05) is 15.6 Å². The maximum Gasteiger partial charge on any atom is 0.363 e. The van der Waals surface area contributed by atoms with E-state index in [1.165, 1.54) is 12.1 Å². The van der Waals surface area contributed by atoms with Crippen molar-refractivity contribution in [3.63, 3.8) is 0 Å². The highest BCUT2D eigenvalue weighted by atomic mass is 79.9. The highest BCUT2D eigenvalue weighted by Gasteiger charge is 2.31. The summed E-state index contributed by atoms with van der Waals surface area (Å²) in [5, 5.41) is 14.5. The van der Waals surface area contributed by atoms with Crippen molar-refractivity contribution in [3.05, 3.63) is 74.5 Å². The number of carbonyl (C=O) groups is 1. The van der Waals surface area contributed by atoms with Gasteiger partial charge in [-0.15, -0.1) is 0 Å². The number of esters is 1. The summed E-state index contributed by atoms with van der Waals surface area (Å²) in [5.41, 5.74) is 2.00. The van der Waals surface area contributed by atoms with Crippen LogP contribution in [0.1, 0.15) is 16.9 Å². The van der Waals surface area contributed by atoms with E-state index in [1.54, 1.807) is 37.3 Å². The SMILES string of the molecule is Cc1onc(-c2ccccc2Cl)c1C1=N/C(=C\c2cc(Br)ccc2O)C(=O)O1. The lowest BCUT2D eigenvalue weighted by atomic mass is 10.1. The number of carbonyl (C=O) groups excluding carboxylic acids is 1. The van der Waals surface area contributed by atoms with Gasteiger partial charge in [-0.05, 0) is 37.3 Å². The van der Waals surface area contributed by atoms with Crippen LogP contribution in [-0.4, -0.2) is 22.1 Å². The zero-order valence-corrected chi connectivity index (χ0v) is 16.8. The van der Waals surface area contributed by atoms with E-state index in [0.717, 1.165) is 4.47 Å². The summed E-state index contributed by atoms with van der Waals surface area (Å²) in [6, 6.07) is 12.0. The number of hydrogen-bond acceptors (Lipinski definition) is 6. The molecule has 0 spiro atoms. The number of benzene rings is 2. The smallest absolute Gasteiger partial charge is 0.363 e. The molecule has 2 aromatic carbocycles. The number of aromatic hydroxyl groups is 1. The number of aromatic nitrogens is 1. The number of cyclic esters (lactones) is 1. The Bertz CT molecular complexity index is 1170. The Hall–Kier alpha value is -2.90. The fraction of sp³-hybridized carbons (Fsp3) is 0.0500. The summed E-state index contributed by atoms with van der Waals surface area (Å²) < 4.78 is 11.4. The molecule has 1 N–H and O–H groups in total. The lowest BCUT2D eigenvalue weighted by Gasteiger charge is -2.03. The first-order valence-electron chi connectivity index (χ1n) is 8.16. The topological polar surface area (TPSA) is 84.9 Å². The fourth-order valence-electron chi connectivity index (χ4n) is 2.77. The van der Waals surface area contributed by atoms with Crippen molar-refractivity contribution in [1.82, 2.24) is 5.16 Å². The van der Waals surface area contributed by atoms with E-state index in [2.05, 4.69) is 26.1 Å². The van der Waals surface area contributed by atoms with Gasteiger partial charge < -0.3 is 14.4 Å². The van der Waals surface area contributed by atoms with E-state index in [9.17, 15) is 9.90 Å². The molecule has 140 valence electrons. The first-order chi connectivity index (χ1) is 13.4. The summed E-state index contributed by atoms with van der Waals surface area (Å²) in [4.78, 5) is 16.6. The Morgan fingerprint density at radius 3 is 2.79 bits per heavy atom. The van der Waals surface area contributed by atoms with Gasteiger partial charge in [0.1, 0.15) is 22.8 Å². The van der Waals surface area contributed by atoms with Crippen molar-refractivity contribution in [2.45, 2.75) is 6.92 Å². The van der Waals surface area contributed by atoms with E-state index in [4.69, 9.17) is 20.9 Å². The highest BCUT2D eigenvalue weighted by Crippen LogP contribution is 2.34. The Morgan fingerprint density at radius 1 is 1.21 bits per heavy atom. The molecule has 0 saturated carbocycles. The lowest BCUT2D eigenvalue weighted by molar-refractivity contribution is -0.129. The standard InChI is InChI=1S/C20H12BrClN2O4/c1-10-17(18(24-28-10)13-4-2-3-5-14(13)22)19-23-15(20(26)27-19)9-11-8-12(21)6-7-16(11)25/h2-9,25H,1H3/b15-9-. The van der Waals surface area contributed by atoms with Crippen molar-refractivity contribution in [2.75, 3.05) is 0 Å². The lowest BCUT2D eigenvalue weighted by Crippen LogP contribution is -2.07. The van der Waals surface area contributed by atoms with Gasteiger partial charge in [-0.3, -0.25) is 0 Å². The summed E-state index contributed by atoms with van der Waals surface area (Å²) >= 11 is 9.60. The Kier molecular flexibility index (Phi) is 4.78. The minimum absolute atomic E-state index is 0.0186. The van der Waals surface area contributed by atoms with Gasteiger partial charge in [-0.25, -0.2) is 9.79 Å². The van der Waals surface area contributed by atoms with Crippen molar-refractivity contribution >= 4 is 45.5 Å². The van der Waals surface area contributed by atoms with Crippen molar-refractivity contribution < 1.29 is 19.2 Å². The maximum atomic E-state index is 12.3. The Labute approximate surface area is 173 Å². The molecule has 0 radical (unpaired) electrons. The molecule has 0 bridgehead atoms. The fourth-order valence-corrected chi connectivity index (χ4v) is 3.37. The number of phenols is 1. The van der Waals surface area contributed by atoms with Crippen molar-refractivity contribution in [1.29, 1.82) is 0 Å². The quantitative estimate of drug-likeness (QED) is 0.434. The molecular weight excluding hydrogens is 448 g/mol. The number of rotatable bonds is 3. The second-order valence-electron chi connectivity index (χ2n) is 5.98. The average molecular weight is 460 g/mol. The molecule has 8 heteroatoms. The van der Waals surface area contributed by atoms with E-state index in [1.807, 2.05) is 6.07 Å². The van der Waals surface area contributed by atoms with E-state index >= 15 is 0 Å². The second kappa shape index (κ2) is 7.26. The molecule has 1 aliphatic rings. The molecule has 6 nitrogen and oxygen atoms in total. The predicted molar refractivity (Wildman–Crippen MR) is 108 cm³/mol. The van der Waals surface area contributed by atoms with Crippen LogP contribution in [0.15, 0.2) is 62.1 Å². The molecular formula is C20H12BrClN2O4. The van der Waals surface area contributed by atoms with Crippen LogP contribution in [-0.2, 0) is 9.53 Å². The third-order valence-electron chi connectivity index (χ3n) is 4.11. The van der Waals surface area contributed by atoms with E-state index in [0.29, 0.717) is 33.2 Å². The van der Waals surface area contributed by atoms with Crippen LogP contribution in [0, 0.1) is 6.92 Å². The summed E-state index contributed by atoms with van der Waals surface area (Å²) in [6.45, 7) is 1.70. The van der Waals surface area contributed by atoms with Crippen molar-refractivity contribution in [3.8, 4) is 17.0 Å². The second-order valence-corrected chi connectivity index (χ2v) is 7.30. The molecule has 0 unspecified atom stereocenters. The minimum atomic E-state index is -0.639. The summed E-state index contributed by atoms with van der Waals surface area (Å²) in [6.07, 6.45) is 1.45. The molecule has 3 aromatic rings. The Balaban J connectivity index is 1.80. The average Bonchev–Trinajstić information content (AvgIpc) is 3.21. The summed E-state index contributed by atoms with van der Waals surface area (Å²) in [5.74, 6) is -0.113. The van der Waals surface area contributed by atoms with Gasteiger partial charge in [0.25, 0.3) is 0 Å². The van der Waals surface area contributed by atoms with Gasteiger partial charge in [-0.1, -0.05) is 50.9 Å². The molecule has 0 fully saturated rings. The number of nitrogens with zero attached hydrogens (tertiary/aromatic N) is 2. The molecule has 28 heavy (non-hydrogen) atoms. The Morgan fingerprint density at radius 2 is 2.00 bits per heavy atom. The molecule has 1 aliphatic heterocycles. The van der Waals surface area contributed by atoms with Gasteiger partial charge >= 0.3 is 5.97 Å². The monoisotopic (exact) mass is 458 g/mol. The predicted octanol–water partition coefficient (Wildman–Crippen LogP) is 5.12. The number of phenolic OH excluding ortho intramolecular Hbond substituents is 1. The number of aliphatic imine (C=N–C) groups is 1. The normalized spacial score (nSPS) is 15.0. The number of hydrogen-bond donors (Lipinski definition) is 1. The van der Waals surface area contributed by atoms with Crippen LogP contribution in [0.25, 0.3) is 17.3 Å². The van der Waals surface area contributed by atoms with Crippen LogP contribution in [0.3, 0.4) is 0 Å². The van der Waals surface area contributed by atoms with Crippen LogP contribution < -0.4 is 0 Å². The van der Waals surface area contributed by atoms with Gasteiger partial charge in [-0.2, -0.15) is 0 Å². The molecule has 0 atom stereocenters. The third-order valence-corrected chi connectivity index (χ3v) is 4.93. The highest BCUT2D eigenvalue weighted by molar-refractivity contribution is 9.10. The number of halogens is 2. The third kappa shape index (κ3) is 3.34. The van der Waals surface area contributed by atoms with Crippen LogP contribution in [0.5, 0.6) is 5.75 Å². The van der Waals surface area contributed by atoms with Gasteiger partial charge in [0.05, 0.1) is 5.02 Å². The first kappa shape index (κ1) is 18.5. The van der Waals surface area contributed by atoms with Gasteiger partial charge in [0.15, 0.2) is 5.70 Å². The van der Waals surface area contributed by atoms with Crippen LogP contribution in [0.2, 0.25) is 5.02 Å². The number of aryl methyl sites for hydroxylation is 1. The zero-order chi connectivity index (χ0) is 19.8. The molecule has 4 rings (SSSR count). The molecule has 0 aliphatic carbocycles. The van der Waals surface area contributed by atoms with Crippen LogP contribution in [0.4, 0.5) is 0 Å². The zero-order valence-electron chi connectivity index (χ0n) is 14.4. The maximum absolute atomic E-state index is 12.3. The van der Waals surface area contributed by atoms with Crippen molar-refractivity contribution in [2.24, 2.45) is 4.99 Å². The number of ether oxygens (including phenoxy) is 1. The summed E-state index contributed by atoms with van der Waals surface area (Å²) in [7, 11) is 0. The molecule has 0 amide bonds. The first-order valence-corrected chi connectivity index (χ1v) is 9.34. The minimum Gasteiger partial charge on any atom is -0.507 e. The van der Waals surface area contributed by atoms with E-state index < -0.39 is 5.97 Å². The largest absolute Gasteiger partial charge is 0.507 e. The van der Waals surface area contributed by atoms with Gasteiger partial charge in [0.2, 0.25) is 5.90 Å². The molecule has 1 aromatic heterocycles. The van der Waals surface area contributed by atoms with Crippen LogP contribution >= 0.6 is 27.5 Å². The van der Waals surface area contributed by atoms with E-state index in [-0.39, 0.29) is 17.3 Å².